The standard InChI is InChI=1S/C17H29Cl3O3/c1-3-5-6-7-8-9-10-13(18)16(20)17(22)14(19)11-12-15(21)23-4-2/h11-14,16-17,22H,3-10H2,1-2H3/b12-11+/t13-,14+,16+,17-/m0/s1. The Morgan fingerprint density at radius 1 is 1.09 bits per heavy atom. The van der Waals surface area contributed by atoms with E-state index in [1.54, 1.807) is 6.92 Å². The number of alkyl halides is 3. The molecule has 0 spiro atoms. The van der Waals surface area contributed by atoms with Crippen molar-refractivity contribution in [1.82, 2.24) is 0 Å². The van der Waals surface area contributed by atoms with Crippen LogP contribution in [0, 0.1) is 0 Å². The maximum atomic E-state index is 11.2. The highest BCUT2D eigenvalue weighted by Gasteiger charge is 2.29. The Balaban J connectivity index is 4.09. The van der Waals surface area contributed by atoms with Crippen LogP contribution < -0.4 is 0 Å². The van der Waals surface area contributed by atoms with E-state index >= 15 is 0 Å². The van der Waals surface area contributed by atoms with E-state index in [1.165, 1.54) is 37.8 Å². The largest absolute Gasteiger partial charge is 0.463 e. The second kappa shape index (κ2) is 14.4. The topological polar surface area (TPSA) is 46.5 Å². The summed E-state index contributed by atoms with van der Waals surface area (Å²) in [6.45, 7) is 4.19. The summed E-state index contributed by atoms with van der Waals surface area (Å²) in [6.07, 6.45) is 9.35. The lowest BCUT2D eigenvalue weighted by Crippen LogP contribution is -2.35. The van der Waals surface area contributed by atoms with Gasteiger partial charge in [0.2, 0.25) is 0 Å². The third-order valence-electron chi connectivity index (χ3n) is 3.53. The van der Waals surface area contributed by atoms with Crippen LogP contribution >= 0.6 is 34.8 Å². The van der Waals surface area contributed by atoms with Crippen LogP contribution in [-0.2, 0) is 9.53 Å². The summed E-state index contributed by atoms with van der Waals surface area (Å²) in [5.41, 5.74) is 0. The first-order chi connectivity index (χ1) is 10.9. The van der Waals surface area contributed by atoms with E-state index in [0.29, 0.717) is 6.61 Å². The Morgan fingerprint density at radius 3 is 2.30 bits per heavy atom. The molecular formula is C17H29Cl3O3. The van der Waals surface area contributed by atoms with E-state index in [1.807, 2.05) is 0 Å². The van der Waals surface area contributed by atoms with Gasteiger partial charge in [-0.3, -0.25) is 0 Å². The fourth-order valence-electron chi connectivity index (χ4n) is 2.14. The molecule has 0 unspecified atom stereocenters. The van der Waals surface area contributed by atoms with Gasteiger partial charge in [-0.05, 0) is 13.3 Å². The Hall–Kier alpha value is 0.0400. The van der Waals surface area contributed by atoms with Crippen LogP contribution in [0.25, 0.3) is 0 Å². The van der Waals surface area contributed by atoms with Crippen molar-refractivity contribution in [1.29, 1.82) is 0 Å². The average molecular weight is 388 g/mol. The van der Waals surface area contributed by atoms with Gasteiger partial charge in [0.05, 0.1) is 28.8 Å². The number of aliphatic hydroxyl groups is 1. The summed E-state index contributed by atoms with van der Waals surface area (Å²) in [4.78, 5) is 11.2. The number of hydrogen-bond acceptors (Lipinski definition) is 3. The van der Waals surface area contributed by atoms with Gasteiger partial charge in [0, 0.05) is 6.08 Å². The first kappa shape index (κ1) is 23.0. The highest BCUT2D eigenvalue weighted by Crippen LogP contribution is 2.24. The Bertz CT molecular complexity index is 337. The molecular weight excluding hydrogens is 359 g/mol. The number of rotatable bonds is 13. The molecule has 0 aromatic heterocycles. The van der Waals surface area contributed by atoms with Gasteiger partial charge in [-0.15, -0.1) is 34.8 Å². The summed E-state index contributed by atoms with van der Waals surface area (Å²) in [7, 11) is 0. The molecule has 1 N–H and O–H groups in total. The molecule has 0 aliphatic rings. The molecule has 0 saturated heterocycles. The molecule has 23 heavy (non-hydrogen) atoms. The Morgan fingerprint density at radius 2 is 1.70 bits per heavy atom. The minimum absolute atomic E-state index is 0.290. The van der Waals surface area contributed by atoms with Crippen LogP contribution in [0.5, 0.6) is 0 Å². The van der Waals surface area contributed by atoms with Crippen LogP contribution in [0.15, 0.2) is 12.2 Å². The van der Waals surface area contributed by atoms with Crippen LogP contribution in [0.3, 0.4) is 0 Å². The molecule has 0 saturated carbocycles. The molecule has 0 heterocycles. The zero-order valence-corrected chi connectivity index (χ0v) is 16.3. The number of aliphatic hydroxyl groups excluding tert-OH is 1. The smallest absolute Gasteiger partial charge is 0.330 e. The van der Waals surface area contributed by atoms with E-state index in [0.717, 1.165) is 19.3 Å². The lowest BCUT2D eigenvalue weighted by atomic mass is 10.0. The highest BCUT2D eigenvalue weighted by molar-refractivity contribution is 6.31. The summed E-state index contributed by atoms with van der Waals surface area (Å²) >= 11 is 18.5. The molecule has 0 aromatic carbocycles. The molecule has 3 nitrogen and oxygen atoms in total. The molecule has 0 radical (unpaired) electrons. The Kier molecular flexibility index (Phi) is 14.4. The van der Waals surface area contributed by atoms with Crippen molar-refractivity contribution >= 4 is 40.8 Å². The zero-order chi connectivity index (χ0) is 17.7. The predicted molar refractivity (Wildman–Crippen MR) is 98.7 cm³/mol. The van der Waals surface area contributed by atoms with Crippen LogP contribution in [0.2, 0.25) is 0 Å². The first-order valence-electron chi connectivity index (χ1n) is 8.39. The number of halogens is 3. The van der Waals surface area contributed by atoms with Crippen LogP contribution in [-0.4, -0.2) is 39.9 Å². The summed E-state index contributed by atoms with van der Waals surface area (Å²) < 4.78 is 4.75. The molecule has 0 aliphatic carbocycles. The van der Waals surface area contributed by atoms with Crippen molar-refractivity contribution in [2.24, 2.45) is 0 Å². The minimum atomic E-state index is -1.02. The van der Waals surface area contributed by atoms with Gasteiger partial charge in [0.15, 0.2) is 0 Å². The van der Waals surface area contributed by atoms with Crippen LogP contribution in [0.4, 0.5) is 0 Å². The number of carbonyl (C=O) groups excluding carboxylic acids is 1. The second-order valence-corrected chi connectivity index (χ2v) is 7.13. The molecule has 0 bridgehead atoms. The van der Waals surface area contributed by atoms with Gasteiger partial charge in [0.25, 0.3) is 0 Å². The average Bonchev–Trinajstić information content (AvgIpc) is 2.54. The van der Waals surface area contributed by atoms with Crippen molar-refractivity contribution in [3.8, 4) is 0 Å². The van der Waals surface area contributed by atoms with Crippen molar-refractivity contribution < 1.29 is 14.6 Å². The van der Waals surface area contributed by atoms with Gasteiger partial charge in [0.1, 0.15) is 0 Å². The number of hydrogen-bond donors (Lipinski definition) is 1. The fraction of sp³-hybridized carbons (Fsp3) is 0.824. The van der Waals surface area contributed by atoms with E-state index < -0.39 is 22.8 Å². The van der Waals surface area contributed by atoms with E-state index in [2.05, 4.69) is 6.92 Å². The van der Waals surface area contributed by atoms with E-state index in [9.17, 15) is 9.90 Å². The van der Waals surface area contributed by atoms with E-state index in [-0.39, 0.29) is 5.38 Å². The molecule has 0 aliphatic heterocycles. The molecule has 0 aromatic rings. The summed E-state index contributed by atoms with van der Waals surface area (Å²) in [5.74, 6) is -0.494. The third-order valence-corrected chi connectivity index (χ3v) is 5.12. The van der Waals surface area contributed by atoms with Crippen molar-refractivity contribution in [3.05, 3.63) is 12.2 Å². The maximum absolute atomic E-state index is 11.2. The van der Waals surface area contributed by atoms with Crippen molar-refractivity contribution in [3.63, 3.8) is 0 Å². The number of ether oxygens (including phenoxy) is 1. The van der Waals surface area contributed by atoms with Gasteiger partial charge in [-0.1, -0.05) is 51.5 Å². The number of carbonyl (C=O) groups is 1. The molecule has 6 heteroatoms. The summed E-state index contributed by atoms with van der Waals surface area (Å²) in [5, 5.41) is 8.32. The second-order valence-electron chi connectivity index (χ2n) is 5.56. The lowest BCUT2D eigenvalue weighted by molar-refractivity contribution is -0.137. The Labute approximate surface area is 155 Å². The molecule has 136 valence electrons. The first-order valence-corrected chi connectivity index (χ1v) is 9.70. The molecule has 4 atom stereocenters. The fourth-order valence-corrected chi connectivity index (χ4v) is 3.03. The maximum Gasteiger partial charge on any atom is 0.330 e. The van der Waals surface area contributed by atoms with Crippen molar-refractivity contribution in [2.45, 2.75) is 81.0 Å². The van der Waals surface area contributed by atoms with E-state index in [4.69, 9.17) is 39.5 Å². The van der Waals surface area contributed by atoms with Gasteiger partial charge >= 0.3 is 5.97 Å². The SMILES string of the molecule is CCCCCCCC[C@H](Cl)[C@@H](Cl)[C@@H](O)[C@H](Cl)/C=C/C(=O)OCC. The monoisotopic (exact) mass is 386 g/mol. The molecule has 0 amide bonds. The normalized spacial score (nSPS) is 17.0. The lowest BCUT2D eigenvalue weighted by Gasteiger charge is -2.23. The number of esters is 1. The van der Waals surface area contributed by atoms with Gasteiger partial charge < -0.3 is 9.84 Å². The molecule has 0 rings (SSSR count). The van der Waals surface area contributed by atoms with Gasteiger partial charge in [-0.25, -0.2) is 4.79 Å². The highest BCUT2D eigenvalue weighted by atomic mass is 35.5. The van der Waals surface area contributed by atoms with Crippen LogP contribution in [0.1, 0.15) is 58.8 Å². The zero-order valence-electron chi connectivity index (χ0n) is 14.0. The third kappa shape index (κ3) is 11.3. The molecule has 0 fully saturated rings. The minimum Gasteiger partial charge on any atom is -0.463 e. The predicted octanol–water partition coefficient (Wildman–Crippen LogP) is 5.04. The quantitative estimate of drug-likeness (QED) is 0.208. The summed E-state index contributed by atoms with van der Waals surface area (Å²) in [6, 6.07) is 0. The van der Waals surface area contributed by atoms with Crippen molar-refractivity contribution in [2.75, 3.05) is 6.61 Å². The number of unbranched alkanes of at least 4 members (excludes halogenated alkanes) is 5. The van der Waals surface area contributed by atoms with Gasteiger partial charge in [-0.2, -0.15) is 0 Å².